The van der Waals surface area contributed by atoms with E-state index in [4.69, 9.17) is 9.47 Å². The number of anilines is 2. The van der Waals surface area contributed by atoms with Crippen LogP contribution in [0.15, 0.2) is 24.3 Å². The van der Waals surface area contributed by atoms with E-state index in [9.17, 15) is 0 Å². The van der Waals surface area contributed by atoms with E-state index in [1.54, 1.807) is 0 Å². The zero-order chi connectivity index (χ0) is 21.3. The molecule has 4 atom stereocenters. The predicted octanol–water partition coefficient (Wildman–Crippen LogP) is 3.39. The molecule has 4 aliphatic heterocycles. The van der Waals surface area contributed by atoms with Crippen molar-refractivity contribution in [2.45, 2.75) is 66.1 Å². The normalized spacial score (nSPS) is 32.9. The lowest BCUT2D eigenvalue weighted by molar-refractivity contribution is 0.0651. The number of nitrogens with zero attached hydrogens (tertiary/aromatic N) is 4. The molecule has 0 aliphatic carbocycles. The average molecular weight is 415 g/mol. The Morgan fingerprint density at radius 3 is 1.57 bits per heavy atom. The van der Waals surface area contributed by atoms with Gasteiger partial charge < -0.3 is 19.3 Å². The highest BCUT2D eigenvalue weighted by Crippen LogP contribution is 2.39. The fourth-order valence-corrected chi connectivity index (χ4v) is 5.53. The minimum Gasteiger partial charge on any atom is -0.360 e. The zero-order valence-electron chi connectivity index (χ0n) is 19.5. The minimum atomic E-state index is 0.219. The van der Waals surface area contributed by atoms with Crippen LogP contribution in [0.5, 0.6) is 0 Å². The molecule has 0 radical (unpaired) electrons. The van der Waals surface area contributed by atoms with Crippen molar-refractivity contribution < 1.29 is 9.47 Å². The molecule has 4 saturated heterocycles. The Labute approximate surface area is 181 Å². The van der Waals surface area contributed by atoms with E-state index in [0.29, 0.717) is 12.1 Å². The second-order valence-corrected chi connectivity index (χ2v) is 11.6. The van der Waals surface area contributed by atoms with E-state index in [2.05, 4.69) is 85.4 Å². The molecule has 1 aromatic rings. The van der Waals surface area contributed by atoms with E-state index in [1.165, 1.54) is 11.4 Å². The van der Waals surface area contributed by atoms with Crippen molar-refractivity contribution in [2.24, 2.45) is 10.8 Å². The Balaban J connectivity index is 1.30. The molecule has 4 fully saturated rings. The molecule has 0 spiro atoms. The standard InChI is InChI=1S/C24H38N4O2/c1-23(2,3)19-13-29-21-11-25(15-27(19)21)17-8-7-9-18(10-17)26-12-22-28(16-26)20(14-30-22)24(4,5)6/h7-10,19-22H,11-16H2,1-6H3/t19-,20-,21?,22?/m1/s1. The fourth-order valence-electron chi connectivity index (χ4n) is 5.53. The van der Waals surface area contributed by atoms with Crippen LogP contribution in [0.2, 0.25) is 0 Å². The van der Waals surface area contributed by atoms with Crippen molar-refractivity contribution in [1.82, 2.24) is 9.80 Å². The third-order valence-corrected chi connectivity index (χ3v) is 7.41. The largest absolute Gasteiger partial charge is 0.360 e. The second kappa shape index (κ2) is 7.09. The Kier molecular flexibility index (Phi) is 4.86. The average Bonchev–Trinajstić information content (AvgIpc) is 3.38. The van der Waals surface area contributed by atoms with Crippen LogP contribution < -0.4 is 9.80 Å². The van der Waals surface area contributed by atoms with Crippen LogP contribution in [0.4, 0.5) is 11.4 Å². The van der Waals surface area contributed by atoms with Crippen LogP contribution in [-0.4, -0.2) is 74.0 Å². The Morgan fingerprint density at radius 1 is 0.733 bits per heavy atom. The van der Waals surface area contributed by atoms with E-state index < -0.39 is 0 Å². The molecule has 0 saturated carbocycles. The highest BCUT2D eigenvalue weighted by atomic mass is 16.5. The van der Waals surface area contributed by atoms with Crippen molar-refractivity contribution >= 4 is 11.4 Å². The number of hydrogen-bond donors (Lipinski definition) is 0. The fraction of sp³-hybridized carbons (Fsp3) is 0.750. The number of rotatable bonds is 2. The van der Waals surface area contributed by atoms with Gasteiger partial charge in [0.15, 0.2) is 0 Å². The molecule has 4 heterocycles. The predicted molar refractivity (Wildman–Crippen MR) is 121 cm³/mol. The SMILES string of the molecule is CC(C)(C)[C@H]1COC2CN(c3cccc(N4CC5OC[C@H](C(C)(C)C)N5C4)c3)CN21. The molecule has 30 heavy (non-hydrogen) atoms. The Morgan fingerprint density at radius 2 is 1.17 bits per heavy atom. The molecular formula is C24H38N4O2. The van der Waals surface area contributed by atoms with Gasteiger partial charge in [0, 0.05) is 23.5 Å². The Hall–Kier alpha value is -1.34. The molecule has 0 amide bonds. The van der Waals surface area contributed by atoms with Crippen LogP contribution in [-0.2, 0) is 9.47 Å². The van der Waals surface area contributed by atoms with Crippen molar-refractivity contribution in [3.8, 4) is 0 Å². The highest BCUT2D eigenvalue weighted by Gasteiger charge is 2.47. The molecular weight excluding hydrogens is 376 g/mol. The summed E-state index contributed by atoms with van der Waals surface area (Å²) in [6.07, 6.45) is 0.437. The van der Waals surface area contributed by atoms with E-state index >= 15 is 0 Å². The maximum atomic E-state index is 6.14. The van der Waals surface area contributed by atoms with Crippen molar-refractivity contribution in [3.63, 3.8) is 0 Å². The van der Waals surface area contributed by atoms with Gasteiger partial charge >= 0.3 is 0 Å². The topological polar surface area (TPSA) is 31.4 Å². The monoisotopic (exact) mass is 414 g/mol. The smallest absolute Gasteiger partial charge is 0.130 e. The van der Waals surface area contributed by atoms with Crippen molar-refractivity contribution in [1.29, 1.82) is 0 Å². The maximum Gasteiger partial charge on any atom is 0.130 e. The van der Waals surface area contributed by atoms with Gasteiger partial charge in [-0.2, -0.15) is 0 Å². The van der Waals surface area contributed by atoms with Gasteiger partial charge in [0.25, 0.3) is 0 Å². The Bertz CT molecular complexity index is 725. The number of ether oxygens (including phenoxy) is 2. The lowest BCUT2D eigenvalue weighted by Crippen LogP contribution is -2.43. The van der Waals surface area contributed by atoms with Gasteiger partial charge in [-0.05, 0) is 29.0 Å². The third kappa shape index (κ3) is 3.52. The van der Waals surface area contributed by atoms with E-state index in [-0.39, 0.29) is 23.3 Å². The van der Waals surface area contributed by atoms with Crippen molar-refractivity contribution in [2.75, 3.05) is 49.4 Å². The summed E-state index contributed by atoms with van der Waals surface area (Å²) < 4.78 is 12.3. The minimum absolute atomic E-state index is 0.219. The molecule has 0 bridgehead atoms. The first-order valence-corrected chi connectivity index (χ1v) is 11.5. The van der Waals surface area contributed by atoms with Gasteiger partial charge in [-0.25, -0.2) is 0 Å². The number of hydrogen-bond acceptors (Lipinski definition) is 6. The third-order valence-electron chi connectivity index (χ3n) is 7.41. The molecule has 0 aromatic heterocycles. The van der Waals surface area contributed by atoms with Crippen LogP contribution in [0.1, 0.15) is 41.5 Å². The summed E-state index contributed by atoms with van der Waals surface area (Å²) in [6.45, 7) is 19.4. The maximum absolute atomic E-state index is 6.14. The molecule has 1 aromatic carbocycles. The van der Waals surface area contributed by atoms with E-state index in [1.807, 2.05) is 0 Å². The van der Waals surface area contributed by atoms with Gasteiger partial charge in [-0.15, -0.1) is 0 Å². The number of fused-ring (bicyclic) bond motifs is 2. The van der Waals surface area contributed by atoms with Gasteiger partial charge in [-0.1, -0.05) is 47.6 Å². The molecule has 6 nitrogen and oxygen atoms in total. The molecule has 6 heteroatoms. The molecule has 166 valence electrons. The second-order valence-electron chi connectivity index (χ2n) is 11.6. The molecule has 4 aliphatic rings. The molecule has 0 N–H and O–H groups in total. The summed E-state index contributed by atoms with van der Waals surface area (Å²) in [5.74, 6) is 0. The van der Waals surface area contributed by atoms with Crippen LogP contribution in [0.25, 0.3) is 0 Å². The number of benzene rings is 1. The molecule has 5 rings (SSSR count). The van der Waals surface area contributed by atoms with Gasteiger partial charge in [0.1, 0.15) is 12.5 Å². The molecule has 2 unspecified atom stereocenters. The first-order valence-electron chi connectivity index (χ1n) is 11.5. The summed E-state index contributed by atoms with van der Waals surface area (Å²) >= 11 is 0. The summed E-state index contributed by atoms with van der Waals surface area (Å²) in [5.41, 5.74) is 3.05. The highest BCUT2D eigenvalue weighted by molar-refractivity contribution is 5.60. The lowest BCUT2D eigenvalue weighted by Gasteiger charge is -2.33. The van der Waals surface area contributed by atoms with Crippen LogP contribution >= 0.6 is 0 Å². The lowest BCUT2D eigenvalue weighted by atomic mass is 9.87. The van der Waals surface area contributed by atoms with Gasteiger partial charge in [0.2, 0.25) is 0 Å². The summed E-state index contributed by atoms with van der Waals surface area (Å²) in [5, 5.41) is 0. The summed E-state index contributed by atoms with van der Waals surface area (Å²) in [4.78, 5) is 10.0. The zero-order valence-corrected chi connectivity index (χ0v) is 19.5. The summed E-state index contributed by atoms with van der Waals surface area (Å²) in [7, 11) is 0. The van der Waals surface area contributed by atoms with Gasteiger partial charge in [0.05, 0.1) is 39.6 Å². The first kappa shape index (κ1) is 20.6. The summed E-state index contributed by atoms with van der Waals surface area (Å²) in [6, 6.07) is 9.98. The van der Waals surface area contributed by atoms with Gasteiger partial charge in [-0.3, -0.25) is 9.80 Å². The first-order chi connectivity index (χ1) is 14.1. The van der Waals surface area contributed by atoms with Crippen LogP contribution in [0.3, 0.4) is 0 Å². The quantitative estimate of drug-likeness (QED) is 0.738. The van der Waals surface area contributed by atoms with Crippen LogP contribution in [0, 0.1) is 10.8 Å². The van der Waals surface area contributed by atoms with Crippen molar-refractivity contribution in [3.05, 3.63) is 24.3 Å². The van der Waals surface area contributed by atoms with E-state index in [0.717, 1.165) is 39.6 Å².